The number of phenols is 1. The molecule has 5 nitrogen and oxygen atoms in total. The first kappa shape index (κ1) is 13.8. The van der Waals surface area contributed by atoms with Crippen LogP contribution in [0.2, 0.25) is 0 Å². The molecule has 0 atom stereocenters. The number of hydrogen-bond donors (Lipinski definition) is 2. The Labute approximate surface area is 126 Å². The molecular formula is C17H13N3O2. The number of carbonyl (C=O) groups excluding carboxylic acids is 1. The van der Waals surface area contributed by atoms with E-state index in [0.717, 1.165) is 10.8 Å². The van der Waals surface area contributed by atoms with Crippen molar-refractivity contribution in [1.29, 1.82) is 0 Å². The van der Waals surface area contributed by atoms with Crippen molar-refractivity contribution in [2.75, 3.05) is 0 Å². The normalized spacial score (nSPS) is 10.9. The summed E-state index contributed by atoms with van der Waals surface area (Å²) >= 11 is 0. The maximum atomic E-state index is 11.8. The Morgan fingerprint density at radius 3 is 2.64 bits per heavy atom. The summed E-state index contributed by atoms with van der Waals surface area (Å²) in [6, 6.07) is 14.5. The number of amides is 1. The average Bonchev–Trinajstić information content (AvgIpc) is 2.56. The molecule has 1 heterocycles. The number of nitrogens with one attached hydrogen (secondary N) is 1. The molecule has 0 unspecified atom stereocenters. The van der Waals surface area contributed by atoms with E-state index in [4.69, 9.17) is 0 Å². The smallest absolute Gasteiger partial charge is 0.272 e. The Kier molecular flexibility index (Phi) is 3.78. The minimum Gasteiger partial charge on any atom is -0.507 e. The molecule has 0 aliphatic carbocycles. The van der Waals surface area contributed by atoms with Crippen molar-refractivity contribution in [3.05, 3.63) is 72.1 Å². The topological polar surface area (TPSA) is 74.6 Å². The first-order valence-electron chi connectivity index (χ1n) is 6.69. The van der Waals surface area contributed by atoms with Gasteiger partial charge in [0.15, 0.2) is 0 Å². The zero-order valence-corrected chi connectivity index (χ0v) is 11.6. The van der Waals surface area contributed by atoms with E-state index in [1.165, 1.54) is 12.4 Å². The second-order valence-corrected chi connectivity index (χ2v) is 4.70. The van der Waals surface area contributed by atoms with Gasteiger partial charge in [-0.3, -0.25) is 9.78 Å². The third-order valence-electron chi connectivity index (χ3n) is 3.19. The summed E-state index contributed by atoms with van der Waals surface area (Å²) in [6.45, 7) is 0. The molecule has 0 saturated carbocycles. The highest BCUT2D eigenvalue weighted by molar-refractivity contribution is 5.96. The van der Waals surface area contributed by atoms with Crippen molar-refractivity contribution < 1.29 is 9.90 Å². The van der Waals surface area contributed by atoms with Gasteiger partial charge in [-0.2, -0.15) is 5.10 Å². The van der Waals surface area contributed by atoms with Crippen LogP contribution in [0.1, 0.15) is 15.9 Å². The van der Waals surface area contributed by atoms with Crippen molar-refractivity contribution >= 4 is 22.9 Å². The summed E-state index contributed by atoms with van der Waals surface area (Å²) < 4.78 is 0. The molecule has 5 heteroatoms. The summed E-state index contributed by atoms with van der Waals surface area (Å²) in [4.78, 5) is 15.7. The van der Waals surface area contributed by atoms with E-state index in [2.05, 4.69) is 15.5 Å². The van der Waals surface area contributed by atoms with Crippen LogP contribution in [0, 0.1) is 0 Å². The van der Waals surface area contributed by atoms with Crippen molar-refractivity contribution in [2.45, 2.75) is 0 Å². The molecule has 0 bridgehead atoms. The number of nitrogens with zero attached hydrogens (tertiary/aromatic N) is 2. The monoisotopic (exact) mass is 291 g/mol. The van der Waals surface area contributed by atoms with Gasteiger partial charge in [-0.15, -0.1) is 0 Å². The van der Waals surface area contributed by atoms with Gasteiger partial charge in [-0.05, 0) is 35.0 Å². The molecule has 3 aromatic rings. The molecule has 0 radical (unpaired) electrons. The first-order chi connectivity index (χ1) is 10.7. The van der Waals surface area contributed by atoms with Gasteiger partial charge >= 0.3 is 0 Å². The molecule has 2 N–H and O–H groups in total. The first-order valence-corrected chi connectivity index (χ1v) is 6.69. The van der Waals surface area contributed by atoms with Crippen molar-refractivity contribution in [3.63, 3.8) is 0 Å². The molecule has 3 rings (SSSR count). The zero-order chi connectivity index (χ0) is 15.4. The number of rotatable bonds is 3. The fraction of sp³-hybridized carbons (Fsp3) is 0. The van der Waals surface area contributed by atoms with Gasteiger partial charge in [0.2, 0.25) is 0 Å². The average molecular weight is 291 g/mol. The summed E-state index contributed by atoms with van der Waals surface area (Å²) in [5.74, 6) is -0.247. The van der Waals surface area contributed by atoms with E-state index in [1.807, 2.05) is 30.3 Å². The molecule has 0 spiro atoms. The Balaban J connectivity index is 1.78. The maximum Gasteiger partial charge on any atom is 0.272 e. The minimum absolute atomic E-state index is 0.109. The lowest BCUT2D eigenvalue weighted by atomic mass is 10.1. The lowest BCUT2D eigenvalue weighted by Gasteiger charge is -2.03. The maximum absolute atomic E-state index is 11.8. The molecule has 1 amide bonds. The van der Waals surface area contributed by atoms with Crippen LogP contribution in [0.5, 0.6) is 5.75 Å². The van der Waals surface area contributed by atoms with Crippen LogP contribution < -0.4 is 5.43 Å². The Morgan fingerprint density at radius 1 is 1.14 bits per heavy atom. The van der Waals surface area contributed by atoms with Gasteiger partial charge in [0, 0.05) is 18.0 Å². The number of phenolic OH excluding ortho intramolecular Hbond substituents is 1. The number of aromatic nitrogens is 1. The Morgan fingerprint density at radius 2 is 1.91 bits per heavy atom. The third-order valence-corrected chi connectivity index (χ3v) is 3.19. The van der Waals surface area contributed by atoms with Gasteiger partial charge in [0.05, 0.1) is 11.8 Å². The van der Waals surface area contributed by atoms with Crippen LogP contribution in [0.25, 0.3) is 10.8 Å². The second kappa shape index (κ2) is 6.05. The molecular weight excluding hydrogens is 278 g/mol. The molecule has 22 heavy (non-hydrogen) atoms. The van der Waals surface area contributed by atoms with E-state index in [1.54, 1.807) is 24.4 Å². The van der Waals surface area contributed by atoms with E-state index in [-0.39, 0.29) is 11.7 Å². The predicted octanol–water partition coefficient (Wildman–Crippen LogP) is 2.70. The van der Waals surface area contributed by atoms with Crippen LogP contribution >= 0.6 is 0 Å². The lowest BCUT2D eigenvalue weighted by Crippen LogP contribution is -2.17. The molecule has 2 aromatic carbocycles. The van der Waals surface area contributed by atoms with Gasteiger partial charge in [-0.1, -0.05) is 24.3 Å². The van der Waals surface area contributed by atoms with Crippen LogP contribution in [-0.2, 0) is 0 Å². The summed E-state index contributed by atoms with van der Waals surface area (Å²) in [7, 11) is 0. The molecule has 0 aliphatic rings. The van der Waals surface area contributed by atoms with Crippen molar-refractivity contribution in [2.24, 2.45) is 5.10 Å². The fourth-order valence-corrected chi connectivity index (χ4v) is 2.07. The minimum atomic E-state index is -0.357. The van der Waals surface area contributed by atoms with Crippen molar-refractivity contribution in [1.82, 2.24) is 10.4 Å². The highest BCUT2D eigenvalue weighted by Crippen LogP contribution is 2.23. The number of hydrazone groups is 1. The summed E-state index contributed by atoms with van der Waals surface area (Å²) in [5.41, 5.74) is 3.35. The highest BCUT2D eigenvalue weighted by atomic mass is 16.3. The lowest BCUT2D eigenvalue weighted by molar-refractivity contribution is 0.0954. The molecule has 0 saturated heterocycles. The van der Waals surface area contributed by atoms with Gasteiger partial charge in [0.1, 0.15) is 5.75 Å². The SMILES string of the molecule is O=C(NN=Cc1cc2ccccc2cc1O)c1cccnc1. The molecule has 0 aliphatic heterocycles. The quantitative estimate of drug-likeness (QED) is 0.575. The van der Waals surface area contributed by atoms with Crippen LogP contribution in [-0.4, -0.2) is 22.2 Å². The largest absolute Gasteiger partial charge is 0.507 e. The van der Waals surface area contributed by atoms with E-state index in [0.29, 0.717) is 11.1 Å². The number of carbonyl (C=O) groups is 1. The van der Waals surface area contributed by atoms with E-state index >= 15 is 0 Å². The van der Waals surface area contributed by atoms with Crippen LogP contribution in [0.4, 0.5) is 0 Å². The van der Waals surface area contributed by atoms with Crippen LogP contribution in [0.3, 0.4) is 0 Å². The number of pyridine rings is 1. The Hall–Kier alpha value is -3.21. The van der Waals surface area contributed by atoms with Gasteiger partial charge in [0.25, 0.3) is 5.91 Å². The Bertz CT molecular complexity index is 845. The molecule has 0 fully saturated rings. The van der Waals surface area contributed by atoms with Crippen LogP contribution in [0.15, 0.2) is 66.0 Å². The zero-order valence-electron chi connectivity index (χ0n) is 11.6. The van der Waals surface area contributed by atoms with E-state index in [9.17, 15) is 9.90 Å². The van der Waals surface area contributed by atoms with E-state index < -0.39 is 0 Å². The number of benzene rings is 2. The molecule has 108 valence electrons. The third kappa shape index (κ3) is 2.93. The number of hydrogen-bond acceptors (Lipinski definition) is 4. The number of fused-ring (bicyclic) bond motifs is 1. The highest BCUT2D eigenvalue weighted by Gasteiger charge is 2.04. The fourth-order valence-electron chi connectivity index (χ4n) is 2.07. The predicted molar refractivity (Wildman–Crippen MR) is 84.9 cm³/mol. The standard InChI is InChI=1S/C17H13N3O2/c21-16-9-13-5-2-1-4-12(13)8-15(16)11-19-20-17(22)14-6-3-7-18-10-14/h1-11,21H,(H,20,22). The van der Waals surface area contributed by atoms with Crippen molar-refractivity contribution in [3.8, 4) is 5.75 Å². The van der Waals surface area contributed by atoms with Gasteiger partial charge in [-0.25, -0.2) is 5.43 Å². The van der Waals surface area contributed by atoms with Gasteiger partial charge < -0.3 is 5.11 Å². The summed E-state index contributed by atoms with van der Waals surface area (Å²) in [5, 5.41) is 15.8. The summed E-state index contributed by atoms with van der Waals surface area (Å²) in [6.07, 6.45) is 4.46. The number of aromatic hydroxyl groups is 1. The second-order valence-electron chi connectivity index (χ2n) is 4.70. The molecule has 1 aromatic heterocycles.